The Morgan fingerprint density at radius 2 is 1.53 bits per heavy atom. The van der Waals surface area contributed by atoms with E-state index < -0.39 is 6.04 Å². The molecule has 0 bridgehead atoms. The molecule has 0 amide bonds. The molecule has 0 saturated carbocycles. The molecule has 0 fully saturated rings. The van der Waals surface area contributed by atoms with E-state index in [1.165, 1.54) is 24.3 Å². The fourth-order valence-corrected chi connectivity index (χ4v) is 1.81. The van der Waals surface area contributed by atoms with E-state index in [0.29, 0.717) is 5.56 Å². The number of nitrogens with two attached hydrogens (primary N) is 1. The maximum atomic E-state index is 13.3. The van der Waals surface area contributed by atoms with Crippen LogP contribution in [0.2, 0.25) is 0 Å². The quantitative estimate of drug-likeness (QED) is 0.846. The molecule has 0 aliphatic rings. The minimum Gasteiger partial charge on any atom is -0.320 e. The summed E-state index contributed by atoms with van der Waals surface area (Å²) in [4.78, 5) is 0. The summed E-state index contributed by atoms with van der Waals surface area (Å²) < 4.78 is 26.0. The van der Waals surface area contributed by atoms with E-state index in [0.717, 1.165) is 11.1 Å². The van der Waals surface area contributed by atoms with Crippen molar-refractivity contribution in [2.45, 2.75) is 13.0 Å². The number of hydrogen-bond donors (Lipinski definition) is 1. The van der Waals surface area contributed by atoms with Crippen molar-refractivity contribution in [1.82, 2.24) is 0 Å². The highest BCUT2D eigenvalue weighted by atomic mass is 19.1. The van der Waals surface area contributed by atoms with Crippen molar-refractivity contribution in [2.24, 2.45) is 5.73 Å². The summed E-state index contributed by atoms with van der Waals surface area (Å²) in [5, 5.41) is 0. The summed E-state index contributed by atoms with van der Waals surface area (Å²) >= 11 is 0. The van der Waals surface area contributed by atoms with E-state index in [9.17, 15) is 8.78 Å². The first-order valence-electron chi connectivity index (χ1n) is 5.34. The number of aryl methyl sites for hydroxylation is 1. The Labute approximate surface area is 98.9 Å². The summed E-state index contributed by atoms with van der Waals surface area (Å²) in [5.74, 6) is -0.617. The second-order valence-corrected chi connectivity index (χ2v) is 4.09. The van der Waals surface area contributed by atoms with Crippen molar-refractivity contribution < 1.29 is 8.78 Å². The topological polar surface area (TPSA) is 26.0 Å². The van der Waals surface area contributed by atoms with E-state index in [-0.39, 0.29) is 11.6 Å². The fourth-order valence-electron chi connectivity index (χ4n) is 1.81. The summed E-state index contributed by atoms with van der Waals surface area (Å²) in [6, 6.07) is 10.2. The Hall–Kier alpha value is -1.74. The zero-order valence-electron chi connectivity index (χ0n) is 9.45. The largest absolute Gasteiger partial charge is 0.320 e. The van der Waals surface area contributed by atoms with Crippen molar-refractivity contribution in [1.29, 1.82) is 0 Å². The van der Waals surface area contributed by atoms with E-state index in [1.807, 2.05) is 13.0 Å². The Kier molecular flexibility index (Phi) is 3.20. The predicted molar refractivity (Wildman–Crippen MR) is 63.6 cm³/mol. The highest BCUT2D eigenvalue weighted by Gasteiger charge is 2.10. The average Bonchev–Trinajstić information content (AvgIpc) is 2.28. The molecule has 17 heavy (non-hydrogen) atoms. The van der Waals surface area contributed by atoms with Crippen LogP contribution in [0.5, 0.6) is 0 Å². The molecule has 3 heteroatoms. The molecular formula is C14H13F2N. The Bertz CT molecular complexity index is 500. The normalized spacial score (nSPS) is 12.5. The van der Waals surface area contributed by atoms with Crippen LogP contribution in [0.15, 0.2) is 42.5 Å². The third kappa shape index (κ3) is 2.68. The Morgan fingerprint density at radius 3 is 2.12 bits per heavy atom. The van der Waals surface area contributed by atoms with E-state index >= 15 is 0 Å². The van der Waals surface area contributed by atoms with Gasteiger partial charge in [-0.2, -0.15) is 0 Å². The Morgan fingerprint density at radius 1 is 0.882 bits per heavy atom. The third-order valence-corrected chi connectivity index (χ3v) is 2.65. The molecule has 0 aromatic heterocycles. The van der Waals surface area contributed by atoms with Gasteiger partial charge in [0.1, 0.15) is 11.6 Å². The molecule has 1 nitrogen and oxygen atoms in total. The van der Waals surface area contributed by atoms with Gasteiger partial charge in [0.2, 0.25) is 0 Å². The molecule has 88 valence electrons. The molecule has 2 N–H and O–H groups in total. The fraction of sp³-hybridized carbons (Fsp3) is 0.143. The third-order valence-electron chi connectivity index (χ3n) is 2.65. The minimum atomic E-state index is -0.440. The molecule has 0 aliphatic heterocycles. The lowest BCUT2D eigenvalue weighted by Gasteiger charge is -2.13. The zero-order valence-corrected chi connectivity index (χ0v) is 9.45. The summed E-state index contributed by atoms with van der Waals surface area (Å²) in [6.07, 6.45) is 0. The molecule has 0 heterocycles. The van der Waals surface area contributed by atoms with Crippen LogP contribution in [-0.4, -0.2) is 0 Å². The lowest BCUT2D eigenvalue weighted by atomic mass is 9.98. The highest BCUT2D eigenvalue weighted by Crippen LogP contribution is 2.21. The van der Waals surface area contributed by atoms with Crippen LogP contribution in [-0.2, 0) is 0 Å². The lowest BCUT2D eigenvalue weighted by Crippen LogP contribution is -2.12. The van der Waals surface area contributed by atoms with E-state index in [1.54, 1.807) is 12.1 Å². The molecule has 0 radical (unpaired) electrons. The van der Waals surface area contributed by atoms with Gasteiger partial charge in [0.05, 0.1) is 6.04 Å². The first-order chi connectivity index (χ1) is 8.06. The lowest BCUT2D eigenvalue weighted by molar-refractivity contribution is 0.620. The number of hydrogen-bond acceptors (Lipinski definition) is 1. The van der Waals surface area contributed by atoms with Crippen molar-refractivity contribution in [2.75, 3.05) is 0 Å². The molecule has 2 aromatic rings. The first kappa shape index (κ1) is 11.7. The van der Waals surface area contributed by atoms with Gasteiger partial charge in [-0.1, -0.05) is 18.2 Å². The SMILES string of the molecule is Cc1cc(F)cc(C(N)c2ccc(F)cc2)c1. The Balaban J connectivity index is 2.36. The first-order valence-corrected chi connectivity index (χ1v) is 5.34. The molecule has 2 aromatic carbocycles. The van der Waals surface area contributed by atoms with Gasteiger partial charge in [0, 0.05) is 0 Å². The molecule has 2 rings (SSSR count). The van der Waals surface area contributed by atoms with Gasteiger partial charge in [0.15, 0.2) is 0 Å². The monoisotopic (exact) mass is 233 g/mol. The van der Waals surface area contributed by atoms with E-state index in [2.05, 4.69) is 0 Å². The number of benzene rings is 2. The predicted octanol–water partition coefficient (Wildman–Crippen LogP) is 3.32. The average molecular weight is 233 g/mol. The minimum absolute atomic E-state index is 0.308. The second-order valence-electron chi connectivity index (χ2n) is 4.09. The van der Waals surface area contributed by atoms with Crippen LogP contribution in [0.3, 0.4) is 0 Å². The van der Waals surface area contributed by atoms with Crippen LogP contribution in [0, 0.1) is 18.6 Å². The van der Waals surface area contributed by atoms with Crippen molar-refractivity contribution >= 4 is 0 Å². The van der Waals surface area contributed by atoms with Gasteiger partial charge in [0.25, 0.3) is 0 Å². The van der Waals surface area contributed by atoms with E-state index in [4.69, 9.17) is 5.73 Å². The standard InChI is InChI=1S/C14H13F2N/c1-9-6-11(8-13(16)7-9)14(17)10-2-4-12(15)5-3-10/h2-8,14H,17H2,1H3. The summed E-state index contributed by atoms with van der Waals surface area (Å²) in [7, 11) is 0. The summed E-state index contributed by atoms with van der Waals surface area (Å²) in [5.41, 5.74) is 8.28. The smallest absolute Gasteiger partial charge is 0.123 e. The highest BCUT2D eigenvalue weighted by molar-refractivity contribution is 5.34. The van der Waals surface area contributed by atoms with Crippen molar-refractivity contribution in [3.05, 3.63) is 70.8 Å². The summed E-state index contributed by atoms with van der Waals surface area (Å²) in [6.45, 7) is 1.81. The van der Waals surface area contributed by atoms with Crippen molar-refractivity contribution in [3.8, 4) is 0 Å². The molecular weight excluding hydrogens is 220 g/mol. The van der Waals surface area contributed by atoms with Gasteiger partial charge < -0.3 is 5.73 Å². The zero-order chi connectivity index (χ0) is 12.4. The maximum absolute atomic E-state index is 13.3. The van der Waals surface area contributed by atoms with Gasteiger partial charge >= 0.3 is 0 Å². The van der Waals surface area contributed by atoms with Gasteiger partial charge in [-0.05, 0) is 47.9 Å². The van der Waals surface area contributed by atoms with Gasteiger partial charge in [-0.15, -0.1) is 0 Å². The van der Waals surface area contributed by atoms with Crippen LogP contribution in [0.25, 0.3) is 0 Å². The van der Waals surface area contributed by atoms with Crippen LogP contribution < -0.4 is 5.73 Å². The van der Waals surface area contributed by atoms with Gasteiger partial charge in [-0.3, -0.25) is 0 Å². The molecule has 0 saturated heterocycles. The maximum Gasteiger partial charge on any atom is 0.123 e. The molecule has 0 aliphatic carbocycles. The number of rotatable bonds is 2. The van der Waals surface area contributed by atoms with Crippen LogP contribution >= 0.6 is 0 Å². The number of halogens is 2. The molecule has 0 spiro atoms. The molecule has 1 unspecified atom stereocenters. The van der Waals surface area contributed by atoms with Crippen LogP contribution in [0.1, 0.15) is 22.7 Å². The van der Waals surface area contributed by atoms with Gasteiger partial charge in [-0.25, -0.2) is 8.78 Å². The van der Waals surface area contributed by atoms with Crippen molar-refractivity contribution in [3.63, 3.8) is 0 Å². The molecule has 1 atom stereocenters. The van der Waals surface area contributed by atoms with Crippen LogP contribution in [0.4, 0.5) is 8.78 Å². The second kappa shape index (κ2) is 4.63.